The van der Waals surface area contributed by atoms with Crippen LogP contribution in [0.3, 0.4) is 0 Å². The highest BCUT2D eigenvalue weighted by atomic mass is 16.5. The summed E-state index contributed by atoms with van der Waals surface area (Å²) in [6.07, 6.45) is 2.23. The minimum Gasteiger partial charge on any atom is -0.381 e. The summed E-state index contributed by atoms with van der Waals surface area (Å²) in [4.78, 5) is 16.6. The van der Waals surface area contributed by atoms with Gasteiger partial charge in [0.05, 0.1) is 13.2 Å². The summed E-state index contributed by atoms with van der Waals surface area (Å²) in [5.74, 6) is 0.811. The molecule has 5 heteroatoms. The van der Waals surface area contributed by atoms with Gasteiger partial charge in [-0.05, 0) is 32.9 Å². The lowest BCUT2D eigenvalue weighted by Gasteiger charge is -2.27. The van der Waals surface area contributed by atoms with E-state index in [0.717, 1.165) is 65.3 Å². The van der Waals surface area contributed by atoms with Crippen LogP contribution in [0.1, 0.15) is 19.8 Å². The molecule has 2 heterocycles. The van der Waals surface area contributed by atoms with Gasteiger partial charge in [0.1, 0.15) is 0 Å². The number of amides is 1. The van der Waals surface area contributed by atoms with Gasteiger partial charge in [0, 0.05) is 38.7 Å². The number of carbonyl (C=O) groups excluding carboxylic acids is 1. The van der Waals surface area contributed by atoms with E-state index in [4.69, 9.17) is 4.74 Å². The molecule has 0 radical (unpaired) electrons. The highest BCUT2D eigenvalue weighted by molar-refractivity contribution is 5.78. The first-order valence-electron chi connectivity index (χ1n) is 7.58. The lowest BCUT2D eigenvalue weighted by molar-refractivity contribution is -0.132. The van der Waals surface area contributed by atoms with Crippen molar-refractivity contribution in [2.45, 2.75) is 19.8 Å². The zero-order chi connectivity index (χ0) is 13.5. The third-order valence-electron chi connectivity index (χ3n) is 4.03. The molecule has 2 aliphatic rings. The number of nitrogens with one attached hydrogen (secondary N) is 1. The van der Waals surface area contributed by atoms with E-state index in [9.17, 15) is 4.79 Å². The van der Waals surface area contributed by atoms with Gasteiger partial charge in [0.2, 0.25) is 5.91 Å². The molecule has 0 aromatic carbocycles. The van der Waals surface area contributed by atoms with E-state index in [1.165, 1.54) is 0 Å². The van der Waals surface area contributed by atoms with Crippen molar-refractivity contribution in [3.63, 3.8) is 0 Å². The minimum atomic E-state index is 0.274. The molecule has 2 fully saturated rings. The van der Waals surface area contributed by atoms with Crippen molar-refractivity contribution in [3.05, 3.63) is 0 Å². The second-order valence-electron chi connectivity index (χ2n) is 5.54. The van der Waals surface area contributed by atoms with Gasteiger partial charge < -0.3 is 15.0 Å². The summed E-state index contributed by atoms with van der Waals surface area (Å²) in [7, 11) is 0. The van der Waals surface area contributed by atoms with Crippen molar-refractivity contribution in [2.24, 2.45) is 5.92 Å². The van der Waals surface area contributed by atoms with Crippen LogP contribution in [-0.2, 0) is 9.53 Å². The van der Waals surface area contributed by atoms with Crippen molar-refractivity contribution >= 4 is 5.91 Å². The Hall–Kier alpha value is -0.650. The van der Waals surface area contributed by atoms with Gasteiger partial charge in [0.15, 0.2) is 0 Å². The summed E-state index contributed by atoms with van der Waals surface area (Å²) in [5, 5.41) is 3.37. The summed E-state index contributed by atoms with van der Waals surface area (Å²) in [6.45, 7) is 10.1. The van der Waals surface area contributed by atoms with E-state index in [-0.39, 0.29) is 5.91 Å². The summed E-state index contributed by atoms with van der Waals surface area (Å²) in [5.41, 5.74) is 0. The van der Waals surface area contributed by atoms with Gasteiger partial charge in [-0.1, -0.05) is 0 Å². The molecule has 2 saturated heterocycles. The van der Waals surface area contributed by atoms with Gasteiger partial charge in [0.25, 0.3) is 0 Å². The van der Waals surface area contributed by atoms with Crippen LogP contribution >= 0.6 is 0 Å². The Balaban J connectivity index is 1.77. The molecule has 0 bridgehead atoms. The molecule has 0 aromatic heterocycles. The Bertz CT molecular complexity index is 272. The van der Waals surface area contributed by atoms with Crippen LogP contribution in [0.15, 0.2) is 0 Å². The molecule has 0 saturated carbocycles. The van der Waals surface area contributed by atoms with Gasteiger partial charge >= 0.3 is 0 Å². The summed E-state index contributed by atoms with van der Waals surface area (Å²) >= 11 is 0. The lowest BCUT2D eigenvalue weighted by Crippen LogP contribution is -2.43. The molecule has 1 atom stereocenters. The van der Waals surface area contributed by atoms with Crippen molar-refractivity contribution in [1.29, 1.82) is 0 Å². The smallest absolute Gasteiger partial charge is 0.236 e. The normalized spacial score (nSPS) is 25.2. The Kier molecular flexibility index (Phi) is 6.07. The molecule has 1 unspecified atom stereocenters. The molecular formula is C14H27N3O2. The zero-order valence-corrected chi connectivity index (χ0v) is 12.1. The van der Waals surface area contributed by atoms with Crippen LogP contribution in [0.25, 0.3) is 0 Å². The lowest BCUT2D eigenvalue weighted by atomic mass is 10.1. The molecule has 2 rings (SSSR count). The Morgan fingerprint density at radius 2 is 2.32 bits per heavy atom. The first-order chi connectivity index (χ1) is 9.29. The van der Waals surface area contributed by atoms with Crippen molar-refractivity contribution < 1.29 is 9.53 Å². The quantitative estimate of drug-likeness (QED) is 0.772. The summed E-state index contributed by atoms with van der Waals surface area (Å²) in [6, 6.07) is 0. The minimum absolute atomic E-state index is 0.274. The van der Waals surface area contributed by atoms with Gasteiger partial charge in [-0.25, -0.2) is 0 Å². The van der Waals surface area contributed by atoms with Crippen LogP contribution in [0, 0.1) is 5.92 Å². The zero-order valence-electron chi connectivity index (χ0n) is 12.1. The fraction of sp³-hybridized carbons (Fsp3) is 0.929. The van der Waals surface area contributed by atoms with Crippen LogP contribution < -0.4 is 5.32 Å². The van der Waals surface area contributed by atoms with Crippen LogP contribution in [0.2, 0.25) is 0 Å². The number of ether oxygens (including phenoxy) is 1. The van der Waals surface area contributed by atoms with E-state index >= 15 is 0 Å². The molecule has 19 heavy (non-hydrogen) atoms. The molecule has 0 aromatic rings. The van der Waals surface area contributed by atoms with E-state index < -0.39 is 0 Å². The summed E-state index contributed by atoms with van der Waals surface area (Å²) < 4.78 is 5.39. The van der Waals surface area contributed by atoms with Crippen molar-refractivity contribution in [1.82, 2.24) is 15.1 Å². The number of carbonyl (C=O) groups is 1. The Labute approximate surface area is 116 Å². The van der Waals surface area contributed by atoms with Gasteiger partial charge in [-0.2, -0.15) is 0 Å². The van der Waals surface area contributed by atoms with Crippen molar-refractivity contribution in [2.75, 3.05) is 59.0 Å². The maximum Gasteiger partial charge on any atom is 0.236 e. The second kappa shape index (κ2) is 7.82. The van der Waals surface area contributed by atoms with Crippen LogP contribution in [0.5, 0.6) is 0 Å². The van der Waals surface area contributed by atoms with Gasteiger partial charge in [-0.15, -0.1) is 0 Å². The van der Waals surface area contributed by atoms with Crippen LogP contribution in [0.4, 0.5) is 0 Å². The van der Waals surface area contributed by atoms with E-state index in [1.54, 1.807) is 0 Å². The fourth-order valence-corrected chi connectivity index (χ4v) is 2.80. The number of nitrogens with zero attached hydrogens (tertiary/aromatic N) is 2. The van der Waals surface area contributed by atoms with E-state index in [0.29, 0.717) is 12.5 Å². The maximum atomic E-state index is 12.4. The first-order valence-corrected chi connectivity index (χ1v) is 7.58. The van der Waals surface area contributed by atoms with E-state index in [1.807, 2.05) is 4.90 Å². The molecule has 1 amide bonds. The molecule has 110 valence electrons. The predicted octanol–water partition coefficient (Wildman–Crippen LogP) is 0.167. The molecular weight excluding hydrogens is 242 g/mol. The van der Waals surface area contributed by atoms with Gasteiger partial charge in [-0.3, -0.25) is 9.69 Å². The second-order valence-corrected chi connectivity index (χ2v) is 5.54. The largest absolute Gasteiger partial charge is 0.381 e. The number of rotatable bonds is 5. The Morgan fingerprint density at radius 1 is 1.42 bits per heavy atom. The monoisotopic (exact) mass is 269 g/mol. The maximum absolute atomic E-state index is 12.4. The molecule has 2 aliphatic heterocycles. The number of hydrogen-bond donors (Lipinski definition) is 1. The predicted molar refractivity (Wildman–Crippen MR) is 75.1 cm³/mol. The first kappa shape index (κ1) is 14.8. The standard InChI is InChI=1S/C14H27N3O2/c1-2-17(10-13-4-9-19-12-13)14(18)11-16-7-3-5-15-6-8-16/h13,15H,2-12H2,1H3. The molecule has 0 spiro atoms. The average Bonchev–Trinajstić information content (AvgIpc) is 2.79. The number of likely N-dealkylation sites (N-methyl/N-ethyl adjacent to an activating group) is 1. The third-order valence-corrected chi connectivity index (χ3v) is 4.03. The van der Waals surface area contributed by atoms with E-state index in [2.05, 4.69) is 17.1 Å². The SMILES string of the molecule is CCN(CC1CCOC1)C(=O)CN1CCCNCC1. The Morgan fingerprint density at radius 3 is 3.05 bits per heavy atom. The molecule has 1 N–H and O–H groups in total. The third kappa shape index (κ3) is 4.75. The highest BCUT2D eigenvalue weighted by Crippen LogP contribution is 2.14. The fourth-order valence-electron chi connectivity index (χ4n) is 2.80. The number of hydrogen-bond acceptors (Lipinski definition) is 4. The highest BCUT2D eigenvalue weighted by Gasteiger charge is 2.22. The van der Waals surface area contributed by atoms with Crippen molar-refractivity contribution in [3.8, 4) is 0 Å². The van der Waals surface area contributed by atoms with Crippen LogP contribution in [-0.4, -0.2) is 74.7 Å². The topological polar surface area (TPSA) is 44.8 Å². The molecule has 0 aliphatic carbocycles. The molecule has 5 nitrogen and oxygen atoms in total. The average molecular weight is 269 g/mol.